The molecule has 2 atom stereocenters. The van der Waals surface area contributed by atoms with Crippen LogP contribution in [-0.4, -0.2) is 30.6 Å². The van der Waals surface area contributed by atoms with Crippen molar-refractivity contribution in [3.05, 3.63) is 59.7 Å². The van der Waals surface area contributed by atoms with Crippen molar-refractivity contribution in [2.24, 2.45) is 11.5 Å². The van der Waals surface area contributed by atoms with Gasteiger partial charge >= 0.3 is 0 Å². The lowest BCUT2D eigenvalue weighted by molar-refractivity contribution is -0.124. The molecule has 1 heterocycles. The Labute approximate surface area is 165 Å². The van der Waals surface area contributed by atoms with Gasteiger partial charge in [0.05, 0.1) is 18.6 Å². The van der Waals surface area contributed by atoms with E-state index in [4.69, 9.17) is 11.5 Å². The van der Waals surface area contributed by atoms with E-state index in [1.165, 1.54) is 0 Å². The Morgan fingerprint density at radius 3 is 2.54 bits per heavy atom. The first-order chi connectivity index (χ1) is 13.5. The van der Waals surface area contributed by atoms with Crippen molar-refractivity contribution >= 4 is 11.8 Å². The van der Waals surface area contributed by atoms with Crippen LogP contribution in [0.5, 0.6) is 0 Å². The lowest BCUT2D eigenvalue weighted by Gasteiger charge is -2.24. The predicted molar refractivity (Wildman–Crippen MR) is 110 cm³/mol. The third-order valence-corrected chi connectivity index (χ3v) is 5.00. The quantitative estimate of drug-likeness (QED) is 0.545. The van der Waals surface area contributed by atoms with E-state index in [-0.39, 0.29) is 24.3 Å². The topological polar surface area (TPSA) is 110 Å². The number of rotatable bonds is 7. The third kappa shape index (κ3) is 5.65. The highest BCUT2D eigenvalue weighted by Gasteiger charge is 2.21. The average molecular weight is 380 g/mol. The second-order valence-electron chi connectivity index (χ2n) is 7.36. The van der Waals surface area contributed by atoms with Crippen molar-refractivity contribution in [1.29, 1.82) is 0 Å². The highest BCUT2D eigenvalue weighted by atomic mass is 16.2. The largest absolute Gasteiger partial charge is 0.369 e. The van der Waals surface area contributed by atoms with E-state index < -0.39 is 6.17 Å². The van der Waals surface area contributed by atoms with E-state index in [2.05, 4.69) is 10.6 Å². The van der Waals surface area contributed by atoms with Gasteiger partial charge in [-0.1, -0.05) is 55.0 Å². The molecule has 0 aliphatic carbocycles. The maximum Gasteiger partial charge on any atom is 0.238 e. The summed E-state index contributed by atoms with van der Waals surface area (Å²) in [6, 6.07) is 15.7. The van der Waals surface area contributed by atoms with Crippen LogP contribution in [0.3, 0.4) is 0 Å². The van der Waals surface area contributed by atoms with Crippen molar-refractivity contribution in [2.45, 2.75) is 44.3 Å². The average Bonchev–Trinajstić information content (AvgIpc) is 2.69. The Hall–Kier alpha value is -2.70. The second-order valence-corrected chi connectivity index (χ2v) is 7.36. The zero-order chi connectivity index (χ0) is 19.9. The highest BCUT2D eigenvalue weighted by Crippen LogP contribution is 2.21. The van der Waals surface area contributed by atoms with Gasteiger partial charge < -0.3 is 22.1 Å². The molecule has 6 heteroatoms. The molecule has 1 fully saturated rings. The van der Waals surface area contributed by atoms with Crippen molar-refractivity contribution in [3.63, 3.8) is 0 Å². The maximum atomic E-state index is 12.3. The van der Waals surface area contributed by atoms with Gasteiger partial charge in [0.25, 0.3) is 0 Å². The van der Waals surface area contributed by atoms with E-state index in [1.807, 2.05) is 48.5 Å². The van der Waals surface area contributed by atoms with E-state index in [0.29, 0.717) is 6.42 Å². The van der Waals surface area contributed by atoms with Crippen molar-refractivity contribution in [3.8, 4) is 11.1 Å². The Kier molecular flexibility index (Phi) is 6.79. The van der Waals surface area contributed by atoms with Gasteiger partial charge in [0.1, 0.15) is 0 Å². The molecule has 0 aromatic heterocycles. The van der Waals surface area contributed by atoms with E-state index in [0.717, 1.165) is 48.1 Å². The summed E-state index contributed by atoms with van der Waals surface area (Å²) in [4.78, 5) is 23.4. The van der Waals surface area contributed by atoms with Crippen LogP contribution in [0.25, 0.3) is 11.1 Å². The molecule has 2 aromatic rings. The molecule has 0 saturated carbocycles. The molecular formula is C22H28N4O2. The standard InChI is InChI=1S/C22H28N4O2/c23-20(26-22(28)19-6-1-2-11-25-19)13-15-7-9-17(10-8-15)18-5-3-4-16(12-18)14-21(24)27/h3-5,7-10,12,19-20,25H,1-2,6,11,13-14,23H2,(H2,24,27)(H,26,28)/t19-,20-/m0/s1. The van der Waals surface area contributed by atoms with Crippen LogP contribution in [0.4, 0.5) is 0 Å². The number of primary amides is 1. The monoisotopic (exact) mass is 380 g/mol. The van der Waals surface area contributed by atoms with Crippen LogP contribution in [0.1, 0.15) is 30.4 Å². The van der Waals surface area contributed by atoms with Crippen molar-refractivity contribution < 1.29 is 9.59 Å². The van der Waals surface area contributed by atoms with E-state index in [1.54, 1.807) is 0 Å². The minimum absolute atomic E-state index is 0.0184. The SMILES string of the molecule is NC(=O)Cc1cccc(-c2ccc(C[C@@H](N)NC(=O)[C@@H]3CCCCN3)cc2)c1. The second kappa shape index (κ2) is 9.48. The molecule has 1 aliphatic rings. The Morgan fingerprint density at radius 2 is 1.86 bits per heavy atom. The number of nitrogens with two attached hydrogens (primary N) is 2. The number of carbonyl (C=O) groups excluding carboxylic acids is 2. The first-order valence-electron chi connectivity index (χ1n) is 9.77. The molecule has 6 nitrogen and oxygen atoms in total. The Bertz CT molecular complexity index is 814. The number of nitrogens with one attached hydrogen (secondary N) is 2. The molecule has 2 amide bonds. The van der Waals surface area contributed by atoms with Gasteiger partial charge in [-0.25, -0.2) is 0 Å². The van der Waals surface area contributed by atoms with Crippen LogP contribution in [0.2, 0.25) is 0 Å². The Balaban J connectivity index is 1.58. The third-order valence-electron chi connectivity index (χ3n) is 5.00. The smallest absolute Gasteiger partial charge is 0.238 e. The van der Waals surface area contributed by atoms with Crippen molar-refractivity contribution in [1.82, 2.24) is 10.6 Å². The molecular weight excluding hydrogens is 352 g/mol. The van der Waals surface area contributed by atoms with Crippen LogP contribution in [-0.2, 0) is 22.4 Å². The van der Waals surface area contributed by atoms with Crippen LogP contribution in [0.15, 0.2) is 48.5 Å². The van der Waals surface area contributed by atoms with Gasteiger partial charge in [0.2, 0.25) is 11.8 Å². The summed E-state index contributed by atoms with van der Waals surface area (Å²) in [6.07, 6.45) is 3.44. The highest BCUT2D eigenvalue weighted by molar-refractivity contribution is 5.82. The molecule has 0 bridgehead atoms. The summed E-state index contributed by atoms with van der Waals surface area (Å²) in [5.74, 6) is -0.359. The van der Waals surface area contributed by atoms with Crippen LogP contribution < -0.4 is 22.1 Å². The molecule has 28 heavy (non-hydrogen) atoms. The molecule has 0 radical (unpaired) electrons. The van der Waals surface area contributed by atoms with Gasteiger partial charge in [-0.15, -0.1) is 0 Å². The van der Waals surface area contributed by atoms with E-state index in [9.17, 15) is 9.59 Å². The predicted octanol–water partition coefficient (Wildman–Crippen LogP) is 1.47. The van der Waals surface area contributed by atoms with Crippen molar-refractivity contribution in [2.75, 3.05) is 6.54 Å². The van der Waals surface area contributed by atoms with Crippen LogP contribution in [0, 0.1) is 0 Å². The molecule has 148 valence electrons. The molecule has 3 rings (SSSR count). The summed E-state index contributed by atoms with van der Waals surface area (Å²) in [7, 11) is 0. The van der Waals surface area contributed by atoms with Gasteiger partial charge in [0.15, 0.2) is 0 Å². The fourth-order valence-electron chi connectivity index (χ4n) is 3.56. The fraction of sp³-hybridized carbons (Fsp3) is 0.364. The van der Waals surface area contributed by atoms with Gasteiger partial charge in [-0.3, -0.25) is 9.59 Å². The van der Waals surface area contributed by atoms with Gasteiger partial charge in [-0.2, -0.15) is 0 Å². The molecule has 1 saturated heterocycles. The van der Waals surface area contributed by atoms with Crippen LogP contribution >= 0.6 is 0 Å². The van der Waals surface area contributed by atoms with E-state index >= 15 is 0 Å². The number of carbonyl (C=O) groups is 2. The first-order valence-corrected chi connectivity index (χ1v) is 9.77. The molecule has 1 aliphatic heterocycles. The molecule has 0 unspecified atom stereocenters. The first kappa shape index (κ1) is 20.0. The number of hydrogen-bond acceptors (Lipinski definition) is 4. The van der Waals surface area contributed by atoms with Gasteiger partial charge in [-0.05, 0) is 41.6 Å². The maximum absolute atomic E-state index is 12.3. The number of amides is 2. The minimum atomic E-state index is -0.416. The zero-order valence-corrected chi connectivity index (χ0v) is 16.0. The summed E-state index contributed by atoms with van der Waals surface area (Å²) in [5.41, 5.74) is 15.4. The normalized spacial score (nSPS) is 17.7. The summed E-state index contributed by atoms with van der Waals surface area (Å²) < 4.78 is 0. The number of hydrogen-bond donors (Lipinski definition) is 4. The summed E-state index contributed by atoms with van der Waals surface area (Å²) >= 11 is 0. The lowest BCUT2D eigenvalue weighted by atomic mass is 9.99. The molecule has 2 aromatic carbocycles. The Morgan fingerprint density at radius 1 is 1.07 bits per heavy atom. The zero-order valence-electron chi connectivity index (χ0n) is 16.0. The number of benzene rings is 2. The summed E-state index contributed by atoms with van der Waals surface area (Å²) in [6.45, 7) is 0.884. The minimum Gasteiger partial charge on any atom is -0.369 e. The molecule has 0 spiro atoms. The molecule has 6 N–H and O–H groups in total. The fourth-order valence-corrected chi connectivity index (χ4v) is 3.56. The summed E-state index contributed by atoms with van der Waals surface area (Å²) in [5, 5.41) is 6.14. The number of piperidine rings is 1. The lowest BCUT2D eigenvalue weighted by Crippen LogP contribution is -2.52. The van der Waals surface area contributed by atoms with Gasteiger partial charge in [0, 0.05) is 6.42 Å².